The minimum absolute atomic E-state index is 0.178. The van der Waals surface area contributed by atoms with Gasteiger partial charge in [-0.25, -0.2) is 0 Å². The number of carbonyl (C=O) groups is 2. The van der Waals surface area contributed by atoms with Gasteiger partial charge in [-0.2, -0.15) is 0 Å². The Kier molecular flexibility index (Phi) is 3.94. The lowest BCUT2D eigenvalue weighted by Gasteiger charge is -2.15. The van der Waals surface area contributed by atoms with E-state index < -0.39 is 0 Å². The molecule has 0 amide bonds. The highest BCUT2D eigenvalue weighted by Gasteiger charge is 2.24. The first-order chi connectivity index (χ1) is 11.2. The summed E-state index contributed by atoms with van der Waals surface area (Å²) in [5.74, 6) is 5.47. The molecule has 0 bridgehead atoms. The fraction of sp³-hybridized carbons (Fsp3) is 0.0526. The highest BCUT2D eigenvalue weighted by Crippen LogP contribution is 2.19. The number of fused-ring (bicyclic) bond motifs is 1. The summed E-state index contributed by atoms with van der Waals surface area (Å²) in [7, 11) is 0. The summed E-state index contributed by atoms with van der Waals surface area (Å²) in [6.45, 7) is 0.251. The third-order valence-corrected chi connectivity index (χ3v) is 3.51. The quantitative estimate of drug-likeness (QED) is 0.659. The predicted octanol–water partition coefficient (Wildman–Crippen LogP) is 2.17. The third-order valence-electron chi connectivity index (χ3n) is 3.51. The first-order valence-electron chi connectivity index (χ1n) is 7.14. The molecular weight excluding hydrogens is 288 g/mol. The molecular formula is C19H14N2O2. The number of Topliss-reactive ketones (excluding diaryl/α,β-unsaturated/α-hetero) is 1. The number of nitrogens with one attached hydrogen (secondary N) is 1. The van der Waals surface area contributed by atoms with E-state index in [1.807, 2.05) is 18.2 Å². The molecule has 23 heavy (non-hydrogen) atoms. The molecule has 0 spiro atoms. The van der Waals surface area contributed by atoms with Crippen LogP contribution in [0, 0.1) is 11.8 Å². The maximum absolute atomic E-state index is 12.3. The number of benzene rings is 2. The van der Waals surface area contributed by atoms with Crippen LogP contribution in [-0.2, 0) is 0 Å². The molecule has 0 atom stereocenters. The fourth-order valence-electron chi connectivity index (χ4n) is 2.34. The molecule has 0 saturated carbocycles. The van der Waals surface area contributed by atoms with Crippen molar-refractivity contribution < 1.29 is 9.59 Å². The average Bonchev–Trinajstić information content (AvgIpc) is 2.57. The van der Waals surface area contributed by atoms with Crippen molar-refractivity contribution in [3.05, 3.63) is 77.0 Å². The molecule has 1 aliphatic carbocycles. The lowest BCUT2D eigenvalue weighted by molar-refractivity contribution is 0.0979. The van der Waals surface area contributed by atoms with Crippen molar-refractivity contribution in [2.24, 2.45) is 0 Å². The Morgan fingerprint density at radius 3 is 2.43 bits per heavy atom. The standard InChI is InChI=1S/C19H14N2O2/c20-16-10-4-1-6-13(16)7-5-11-21-17-12-18(22)14-8-2-3-9-15(14)19(17)23/h1-4,6,8-10,12,21H,11,20H2. The number of anilines is 1. The lowest BCUT2D eigenvalue weighted by atomic mass is 9.93. The minimum Gasteiger partial charge on any atom is -0.398 e. The second-order valence-electron chi connectivity index (χ2n) is 5.04. The third kappa shape index (κ3) is 2.99. The van der Waals surface area contributed by atoms with Gasteiger partial charge in [0.2, 0.25) is 5.78 Å². The first-order valence-corrected chi connectivity index (χ1v) is 7.14. The highest BCUT2D eigenvalue weighted by molar-refractivity contribution is 6.24. The number of carbonyl (C=O) groups excluding carboxylic acids is 2. The molecule has 1 aliphatic rings. The minimum atomic E-state index is -0.193. The fourth-order valence-corrected chi connectivity index (χ4v) is 2.34. The zero-order valence-corrected chi connectivity index (χ0v) is 12.3. The van der Waals surface area contributed by atoms with Crippen molar-refractivity contribution in [1.29, 1.82) is 0 Å². The van der Waals surface area contributed by atoms with Crippen LogP contribution in [0.15, 0.2) is 60.3 Å². The molecule has 4 heteroatoms. The summed E-state index contributed by atoms with van der Waals surface area (Å²) in [5, 5.41) is 2.91. The molecule has 0 heterocycles. The Balaban J connectivity index is 1.72. The zero-order valence-electron chi connectivity index (χ0n) is 12.3. The Bertz CT molecular complexity index is 885. The van der Waals surface area contributed by atoms with E-state index in [0.717, 1.165) is 5.56 Å². The zero-order chi connectivity index (χ0) is 16.2. The van der Waals surface area contributed by atoms with Crippen LogP contribution in [-0.4, -0.2) is 18.1 Å². The molecule has 3 rings (SSSR count). The number of ketones is 2. The maximum Gasteiger partial charge on any atom is 0.209 e. The van der Waals surface area contributed by atoms with Gasteiger partial charge < -0.3 is 11.1 Å². The number of para-hydroxylation sites is 1. The van der Waals surface area contributed by atoms with Crippen LogP contribution in [0.4, 0.5) is 5.69 Å². The predicted molar refractivity (Wildman–Crippen MR) is 88.9 cm³/mol. The summed E-state index contributed by atoms with van der Waals surface area (Å²) < 4.78 is 0. The second kappa shape index (κ2) is 6.20. The first kappa shape index (κ1) is 14.6. The van der Waals surface area contributed by atoms with Gasteiger partial charge in [0.15, 0.2) is 5.78 Å². The van der Waals surface area contributed by atoms with E-state index in [4.69, 9.17) is 5.73 Å². The SMILES string of the molecule is Nc1ccccc1C#CCNC1=CC(=O)c2ccccc2C1=O. The number of allylic oxidation sites excluding steroid dienone is 2. The van der Waals surface area contributed by atoms with Crippen molar-refractivity contribution in [2.45, 2.75) is 0 Å². The van der Waals surface area contributed by atoms with Gasteiger partial charge in [0.05, 0.1) is 12.2 Å². The summed E-state index contributed by atoms with van der Waals surface area (Å²) in [6, 6.07) is 14.1. The summed E-state index contributed by atoms with van der Waals surface area (Å²) in [6.07, 6.45) is 1.32. The topological polar surface area (TPSA) is 72.2 Å². The molecule has 0 radical (unpaired) electrons. The molecule has 0 saturated heterocycles. The van der Waals surface area contributed by atoms with Crippen LogP contribution < -0.4 is 11.1 Å². The van der Waals surface area contributed by atoms with E-state index in [1.54, 1.807) is 30.3 Å². The lowest BCUT2D eigenvalue weighted by Crippen LogP contribution is -2.27. The van der Waals surface area contributed by atoms with Crippen molar-refractivity contribution in [3.63, 3.8) is 0 Å². The maximum atomic E-state index is 12.3. The average molecular weight is 302 g/mol. The summed E-state index contributed by atoms with van der Waals surface area (Å²) >= 11 is 0. The summed E-state index contributed by atoms with van der Waals surface area (Å²) in [4.78, 5) is 24.3. The largest absolute Gasteiger partial charge is 0.398 e. The van der Waals surface area contributed by atoms with Crippen LogP contribution in [0.5, 0.6) is 0 Å². The Morgan fingerprint density at radius 2 is 1.65 bits per heavy atom. The number of hydrogen-bond acceptors (Lipinski definition) is 4. The Hall–Kier alpha value is -3.32. The van der Waals surface area contributed by atoms with E-state index in [9.17, 15) is 9.59 Å². The molecule has 0 unspecified atom stereocenters. The molecule has 0 fully saturated rings. The second-order valence-corrected chi connectivity index (χ2v) is 5.04. The van der Waals surface area contributed by atoms with Gasteiger partial charge in [0, 0.05) is 28.5 Å². The van der Waals surface area contributed by atoms with Crippen molar-refractivity contribution in [3.8, 4) is 11.8 Å². The van der Waals surface area contributed by atoms with E-state index >= 15 is 0 Å². The molecule has 2 aromatic rings. The van der Waals surface area contributed by atoms with Gasteiger partial charge in [-0.15, -0.1) is 0 Å². The molecule has 0 aliphatic heterocycles. The van der Waals surface area contributed by atoms with Crippen LogP contribution in [0.3, 0.4) is 0 Å². The van der Waals surface area contributed by atoms with Crippen LogP contribution in [0.25, 0.3) is 0 Å². The number of hydrogen-bond donors (Lipinski definition) is 2. The van der Waals surface area contributed by atoms with Crippen molar-refractivity contribution >= 4 is 17.3 Å². The Labute approximate surface area is 134 Å². The van der Waals surface area contributed by atoms with Crippen molar-refractivity contribution in [2.75, 3.05) is 12.3 Å². The van der Waals surface area contributed by atoms with Crippen LogP contribution in [0.1, 0.15) is 26.3 Å². The van der Waals surface area contributed by atoms with Crippen LogP contribution >= 0.6 is 0 Å². The van der Waals surface area contributed by atoms with Gasteiger partial charge in [-0.1, -0.05) is 48.2 Å². The molecule has 4 nitrogen and oxygen atoms in total. The molecule has 3 N–H and O–H groups in total. The smallest absolute Gasteiger partial charge is 0.209 e. The van der Waals surface area contributed by atoms with Gasteiger partial charge in [0.1, 0.15) is 0 Å². The van der Waals surface area contributed by atoms with Crippen LogP contribution in [0.2, 0.25) is 0 Å². The molecule has 112 valence electrons. The number of rotatable bonds is 2. The number of nitrogen functional groups attached to an aromatic ring is 1. The van der Waals surface area contributed by atoms with Gasteiger partial charge in [-0.05, 0) is 12.1 Å². The van der Waals surface area contributed by atoms with E-state index in [1.165, 1.54) is 6.08 Å². The summed E-state index contributed by atoms with van der Waals surface area (Å²) in [5.41, 5.74) is 8.27. The molecule has 0 aromatic heterocycles. The number of nitrogens with two attached hydrogens (primary N) is 1. The molecule has 2 aromatic carbocycles. The monoisotopic (exact) mass is 302 g/mol. The van der Waals surface area contributed by atoms with E-state index in [0.29, 0.717) is 16.8 Å². The Morgan fingerprint density at radius 1 is 0.957 bits per heavy atom. The van der Waals surface area contributed by atoms with Gasteiger partial charge >= 0.3 is 0 Å². The van der Waals surface area contributed by atoms with E-state index in [2.05, 4.69) is 17.2 Å². The van der Waals surface area contributed by atoms with E-state index in [-0.39, 0.29) is 23.8 Å². The normalized spacial score (nSPS) is 12.8. The van der Waals surface area contributed by atoms with Gasteiger partial charge in [-0.3, -0.25) is 9.59 Å². The van der Waals surface area contributed by atoms with Crippen molar-refractivity contribution in [1.82, 2.24) is 5.32 Å². The highest BCUT2D eigenvalue weighted by atomic mass is 16.1. The van der Waals surface area contributed by atoms with Gasteiger partial charge in [0.25, 0.3) is 0 Å².